The first-order valence-corrected chi connectivity index (χ1v) is 8.44. The highest BCUT2D eigenvalue weighted by atomic mass is 127. The number of nitrogens with one attached hydrogen (secondary N) is 1. The molecule has 20 heavy (non-hydrogen) atoms. The zero-order chi connectivity index (χ0) is 15.1. The van der Waals surface area contributed by atoms with Gasteiger partial charge in [-0.25, -0.2) is 9.18 Å². The lowest BCUT2D eigenvalue weighted by Crippen LogP contribution is -2.27. The predicted molar refractivity (Wildman–Crippen MR) is 92.1 cm³/mol. The van der Waals surface area contributed by atoms with Crippen molar-refractivity contribution in [1.82, 2.24) is 0 Å². The van der Waals surface area contributed by atoms with Gasteiger partial charge in [0.1, 0.15) is 16.4 Å². The molecular weight excluding hydrogens is 460 g/mol. The van der Waals surface area contributed by atoms with Crippen LogP contribution in [0.2, 0.25) is 0 Å². The van der Waals surface area contributed by atoms with E-state index in [-0.39, 0.29) is 5.82 Å². The average molecular weight is 472 g/mol. The van der Waals surface area contributed by atoms with E-state index in [0.29, 0.717) is 9.70 Å². The quantitative estimate of drug-likeness (QED) is 0.537. The summed E-state index contributed by atoms with van der Waals surface area (Å²) in [7, 11) is 0. The molecule has 2 aromatic rings. The molecule has 0 aliphatic rings. The Morgan fingerprint density at radius 1 is 1.45 bits per heavy atom. The number of hydrogen-bond donors (Lipinski definition) is 1. The zero-order valence-corrected chi connectivity index (χ0v) is 15.6. The summed E-state index contributed by atoms with van der Waals surface area (Å²) in [4.78, 5) is 11.8. The molecule has 0 fully saturated rings. The van der Waals surface area contributed by atoms with Crippen molar-refractivity contribution in [3.63, 3.8) is 0 Å². The van der Waals surface area contributed by atoms with Crippen LogP contribution < -0.4 is 5.32 Å². The fraction of sp³-hybridized carbons (Fsp3) is 0.308. The van der Waals surface area contributed by atoms with Crippen LogP contribution in [-0.2, 0) is 4.74 Å². The molecule has 0 radical (unpaired) electrons. The first kappa shape index (κ1) is 16.0. The van der Waals surface area contributed by atoms with Gasteiger partial charge in [0.05, 0.1) is 8.27 Å². The number of carbonyl (C=O) groups is 1. The minimum absolute atomic E-state index is 0.302. The summed E-state index contributed by atoms with van der Waals surface area (Å²) in [5, 5.41) is 4.02. The fourth-order valence-electron chi connectivity index (χ4n) is 1.57. The topological polar surface area (TPSA) is 38.3 Å². The van der Waals surface area contributed by atoms with Gasteiger partial charge in [-0.05, 0) is 55.5 Å². The smallest absolute Gasteiger partial charge is 0.412 e. The predicted octanol–water partition coefficient (Wildman–Crippen LogP) is 5.75. The lowest BCUT2D eigenvalue weighted by Gasteiger charge is -2.19. The number of thiophene rings is 1. The summed E-state index contributed by atoms with van der Waals surface area (Å²) < 4.78 is 21.1. The molecule has 0 saturated carbocycles. The van der Waals surface area contributed by atoms with Crippen molar-refractivity contribution in [3.05, 3.63) is 26.0 Å². The molecule has 1 aromatic heterocycles. The first-order valence-electron chi connectivity index (χ1n) is 5.75. The average Bonchev–Trinajstić information content (AvgIpc) is 2.60. The van der Waals surface area contributed by atoms with Crippen LogP contribution in [0.1, 0.15) is 20.8 Å². The highest BCUT2D eigenvalue weighted by Gasteiger charge is 2.20. The van der Waals surface area contributed by atoms with Crippen LogP contribution in [-0.4, -0.2) is 11.7 Å². The number of benzene rings is 1. The Labute approximate surface area is 142 Å². The molecule has 2 rings (SSSR count). The van der Waals surface area contributed by atoms with Gasteiger partial charge in [-0.2, -0.15) is 0 Å². The van der Waals surface area contributed by atoms with Crippen LogP contribution in [0.25, 0.3) is 10.1 Å². The molecule has 0 bridgehead atoms. The Bertz CT molecular complexity index is 681. The molecule has 1 N–H and O–H groups in total. The minimum Gasteiger partial charge on any atom is -0.444 e. The molecule has 1 aromatic carbocycles. The maximum Gasteiger partial charge on any atom is 0.412 e. The lowest BCUT2D eigenvalue weighted by atomic mass is 10.2. The molecule has 3 nitrogen and oxygen atoms in total. The van der Waals surface area contributed by atoms with Crippen LogP contribution >= 0.6 is 49.9 Å². The van der Waals surface area contributed by atoms with Crippen LogP contribution in [0.4, 0.5) is 14.2 Å². The van der Waals surface area contributed by atoms with E-state index < -0.39 is 11.7 Å². The number of hydrogen-bond acceptors (Lipinski definition) is 3. The van der Waals surface area contributed by atoms with E-state index in [1.807, 2.05) is 0 Å². The van der Waals surface area contributed by atoms with Gasteiger partial charge >= 0.3 is 6.09 Å². The molecule has 1 amide bonds. The summed E-state index contributed by atoms with van der Waals surface area (Å²) in [6, 6.07) is 3.06. The van der Waals surface area contributed by atoms with Crippen molar-refractivity contribution in [2.75, 3.05) is 5.32 Å². The van der Waals surface area contributed by atoms with Crippen molar-refractivity contribution in [1.29, 1.82) is 0 Å². The molecule has 0 spiro atoms. The number of fused-ring (bicyclic) bond motifs is 1. The molecule has 108 valence electrons. The molecule has 7 heteroatoms. The van der Waals surface area contributed by atoms with Crippen molar-refractivity contribution in [3.8, 4) is 0 Å². The third kappa shape index (κ3) is 3.43. The Hall–Kier alpha value is -0.410. The second-order valence-corrected chi connectivity index (χ2v) is 8.06. The summed E-state index contributed by atoms with van der Waals surface area (Å²) in [6.07, 6.45) is -0.543. The van der Waals surface area contributed by atoms with Crippen LogP contribution in [0.5, 0.6) is 0 Å². The Balaban J connectivity index is 2.37. The number of rotatable bonds is 1. The molecule has 0 saturated heterocycles. The molecule has 0 aliphatic heterocycles. The van der Waals surface area contributed by atoms with Gasteiger partial charge in [0.15, 0.2) is 0 Å². The fourth-order valence-corrected chi connectivity index (χ4v) is 4.82. The van der Waals surface area contributed by atoms with Crippen molar-refractivity contribution in [2.24, 2.45) is 0 Å². The molecule has 0 atom stereocenters. The standard InChI is InChI=1S/C13H12BrFINO2S/c1-13(2,3)19-12(18)17-11-9(16)8-6(14)4-5-7(15)10(8)20-11/h4-5H,1-3H3,(H,17,18). The summed E-state index contributed by atoms with van der Waals surface area (Å²) >= 11 is 6.69. The highest BCUT2D eigenvalue weighted by Crippen LogP contribution is 2.41. The number of amides is 1. The third-order valence-corrected chi connectivity index (χ3v) is 5.52. The van der Waals surface area contributed by atoms with Gasteiger partial charge in [0.2, 0.25) is 0 Å². The van der Waals surface area contributed by atoms with Crippen LogP contribution in [0.15, 0.2) is 16.6 Å². The van der Waals surface area contributed by atoms with E-state index >= 15 is 0 Å². The number of halogens is 3. The SMILES string of the molecule is CC(C)(C)OC(=O)Nc1sc2c(F)ccc(Br)c2c1I. The van der Waals surface area contributed by atoms with Gasteiger partial charge in [0, 0.05) is 9.86 Å². The van der Waals surface area contributed by atoms with Crippen molar-refractivity contribution in [2.45, 2.75) is 26.4 Å². The lowest BCUT2D eigenvalue weighted by molar-refractivity contribution is 0.0636. The Morgan fingerprint density at radius 2 is 2.10 bits per heavy atom. The summed E-state index contributed by atoms with van der Waals surface area (Å²) in [6.45, 7) is 5.37. The number of anilines is 1. The van der Waals surface area contributed by atoms with Gasteiger partial charge < -0.3 is 4.74 Å². The van der Waals surface area contributed by atoms with Gasteiger partial charge in [-0.1, -0.05) is 15.9 Å². The highest BCUT2D eigenvalue weighted by molar-refractivity contribution is 14.1. The normalized spacial score (nSPS) is 11.7. The van der Waals surface area contributed by atoms with E-state index in [1.165, 1.54) is 17.4 Å². The third-order valence-electron chi connectivity index (χ3n) is 2.30. The number of carbonyl (C=O) groups excluding carboxylic acids is 1. The van der Waals surface area contributed by atoms with Gasteiger partial charge in [0.25, 0.3) is 0 Å². The second-order valence-electron chi connectivity index (χ2n) is 5.11. The van der Waals surface area contributed by atoms with Gasteiger partial charge in [-0.15, -0.1) is 11.3 Å². The summed E-state index contributed by atoms with van der Waals surface area (Å²) in [5.74, 6) is -0.302. The maximum absolute atomic E-state index is 13.8. The van der Waals surface area contributed by atoms with Crippen molar-refractivity contribution >= 4 is 71.0 Å². The Morgan fingerprint density at radius 3 is 2.65 bits per heavy atom. The Kier molecular flexibility index (Phi) is 4.60. The van der Waals surface area contributed by atoms with E-state index in [9.17, 15) is 9.18 Å². The van der Waals surface area contributed by atoms with E-state index in [1.54, 1.807) is 26.8 Å². The van der Waals surface area contributed by atoms with E-state index in [4.69, 9.17) is 4.74 Å². The van der Waals surface area contributed by atoms with Crippen LogP contribution in [0.3, 0.4) is 0 Å². The molecule has 0 aliphatic carbocycles. The van der Waals surface area contributed by atoms with E-state index in [0.717, 1.165) is 13.4 Å². The second kappa shape index (κ2) is 5.76. The molecule has 0 unspecified atom stereocenters. The first-order chi connectivity index (χ1) is 9.19. The van der Waals surface area contributed by atoms with Gasteiger partial charge in [-0.3, -0.25) is 5.32 Å². The van der Waals surface area contributed by atoms with Crippen molar-refractivity contribution < 1.29 is 13.9 Å². The molecular formula is C13H12BrFINO2S. The zero-order valence-electron chi connectivity index (χ0n) is 11.0. The number of ether oxygens (including phenoxy) is 1. The van der Waals surface area contributed by atoms with E-state index in [2.05, 4.69) is 43.8 Å². The maximum atomic E-state index is 13.8. The monoisotopic (exact) mass is 471 g/mol. The largest absolute Gasteiger partial charge is 0.444 e. The van der Waals surface area contributed by atoms with Crippen LogP contribution in [0, 0.1) is 9.39 Å². The molecule has 1 heterocycles. The minimum atomic E-state index is -0.571. The summed E-state index contributed by atoms with van der Waals surface area (Å²) in [5.41, 5.74) is -0.571.